The summed E-state index contributed by atoms with van der Waals surface area (Å²) in [6, 6.07) is 17.7. The van der Waals surface area contributed by atoms with Gasteiger partial charge in [-0.2, -0.15) is 0 Å². The maximum atomic E-state index is 9.48. The minimum absolute atomic E-state index is 0.132. The zero-order valence-corrected chi connectivity index (χ0v) is 13.0. The molecule has 3 aromatic rings. The van der Waals surface area contributed by atoms with Crippen molar-refractivity contribution in [1.82, 2.24) is 15.0 Å². The van der Waals surface area contributed by atoms with Crippen LogP contribution in [0.3, 0.4) is 0 Å². The highest BCUT2D eigenvalue weighted by Gasteiger charge is 2.13. The molecule has 0 bridgehead atoms. The van der Waals surface area contributed by atoms with Crippen molar-refractivity contribution in [2.45, 2.75) is 20.0 Å². The largest absolute Gasteiger partial charge is 0.493 e. The average molecular weight is 309 g/mol. The number of aromatic nitrogens is 3. The number of aryl methyl sites for hydroxylation is 1. The van der Waals surface area contributed by atoms with Crippen LogP contribution < -0.4 is 4.74 Å². The first kappa shape index (κ1) is 15.2. The van der Waals surface area contributed by atoms with Gasteiger partial charge in [-0.25, -0.2) is 4.68 Å². The molecule has 1 aromatic heterocycles. The van der Waals surface area contributed by atoms with E-state index in [-0.39, 0.29) is 6.61 Å². The summed E-state index contributed by atoms with van der Waals surface area (Å²) in [6.45, 7) is 2.40. The monoisotopic (exact) mass is 309 g/mol. The van der Waals surface area contributed by atoms with Crippen molar-refractivity contribution in [3.8, 4) is 11.4 Å². The molecular formula is C18H19N3O2. The van der Waals surface area contributed by atoms with Gasteiger partial charge in [0.1, 0.15) is 11.4 Å². The van der Waals surface area contributed by atoms with Gasteiger partial charge in [0.05, 0.1) is 24.6 Å². The van der Waals surface area contributed by atoms with Crippen molar-refractivity contribution in [3.63, 3.8) is 0 Å². The highest BCUT2D eigenvalue weighted by atomic mass is 16.5. The summed E-state index contributed by atoms with van der Waals surface area (Å²) in [5.74, 6) is 0.826. The molecule has 0 spiro atoms. The summed E-state index contributed by atoms with van der Waals surface area (Å²) in [7, 11) is 0. The molecule has 5 nitrogen and oxygen atoms in total. The molecule has 1 heterocycles. The van der Waals surface area contributed by atoms with E-state index in [4.69, 9.17) is 4.74 Å². The standard InChI is InChI=1S/C18H19N3O2/c1-14-7-9-15(10-8-14)21-18(17(13-22)19-20-21)11-12-23-16-5-3-2-4-6-16/h2-10,22H,11-13H2,1H3. The molecule has 3 rings (SSSR count). The Hall–Kier alpha value is -2.66. The summed E-state index contributed by atoms with van der Waals surface area (Å²) in [6.07, 6.45) is 0.617. The Morgan fingerprint density at radius 3 is 2.48 bits per heavy atom. The van der Waals surface area contributed by atoms with E-state index < -0.39 is 0 Å². The number of para-hydroxylation sites is 1. The molecule has 0 aliphatic rings. The molecule has 23 heavy (non-hydrogen) atoms. The Balaban J connectivity index is 1.77. The van der Waals surface area contributed by atoms with Gasteiger partial charge in [-0.05, 0) is 31.2 Å². The van der Waals surface area contributed by atoms with Gasteiger partial charge < -0.3 is 9.84 Å². The van der Waals surface area contributed by atoms with Crippen LogP contribution >= 0.6 is 0 Å². The summed E-state index contributed by atoms with van der Waals surface area (Å²) in [5, 5.41) is 17.7. The molecule has 5 heteroatoms. The van der Waals surface area contributed by atoms with Gasteiger partial charge in [0.15, 0.2) is 0 Å². The Morgan fingerprint density at radius 2 is 1.78 bits per heavy atom. The Labute approximate surface area is 135 Å². The van der Waals surface area contributed by atoms with E-state index in [0.29, 0.717) is 18.7 Å². The fourth-order valence-corrected chi connectivity index (χ4v) is 2.38. The summed E-state index contributed by atoms with van der Waals surface area (Å²) >= 11 is 0. The highest BCUT2D eigenvalue weighted by Crippen LogP contribution is 2.16. The predicted octanol–water partition coefficient (Wildman–Crippen LogP) is 2.69. The minimum Gasteiger partial charge on any atom is -0.493 e. The third-order valence-electron chi connectivity index (χ3n) is 3.62. The number of ether oxygens (including phenoxy) is 1. The number of benzene rings is 2. The van der Waals surface area contributed by atoms with E-state index >= 15 is 0 Å². The van der Waals surface area contributed by atoms with Gasteiger partial charge in [0.2, 0.25) is 0 Å². The molecule has 0 unspecified atom stereocenters. The first-order valence-electron chi connectivity index (χ1n) is 7.57. The minimum atomic E-state index is -0.132. The number of nitrogens with zero attached hydrogens (tertiary/aromatic N) is 3. The van der Waals surface area contributed by atoms with Crippen LogP contribution in [-0.4, -0.2) is 26.7 Å². The van der Waals surface area contributed by atoms with Gasteiger partial charge in [-0.15, -0.1) is 5.10 Å². The molecule has 118 valence electrons. The second-order valence-electron chi connectivity index (χ2n) is 5.30. The zero-order chi connectivity index (χ0) is 16.1. The molecule has 0 aliphatic heterocycles. The van der Waals surface area contributed by atoms with Crippen LogP contribution in [-0.2, 0) is 13.0 Å². The van der Waals surface area contributed by atoms with E-state index in [1.54, 1.807) is 4.68 Å². The number of hydrogen-bond acceptors (Lipinski definition) is 4. The highest BCUT2D eigenvalue weighted by molar-refractivity contribution is 5.35. The van der Waals surface area contributed by atoms with Crippen molar-refractivity contribution in [1.29, 1.82) is 0 Å². The second kappa shape index (κ2) is 7.07. The molecule has 0 saturated carbocycles. The van der Waals surface area contributed by atoms with Gasteiger partial charge >= 0.3 is 0 Å². The second-order valence-corrected chi connectivity index (χ2v) is 5.30. The van der Waals surface area contributed by atoms with Gasteiger partial charge in [-0.1, -0.05) is 41.1 Å². The Bertz CT molecular complexity index is 752. The molecule has 0 fully saturated rings. The van der Waals surface area contributed by atoms with Crippen LogP contribution in [0.5, 0.6) is 5.75 Å². The molecule has 0 aliphatic carbocycles. The van der Waals surface area contributed by atoms with E-state index in [0.717, 1.165) is 17.1 Å². The van der Waals surface area contributed by atoms with Crippen molar-refractivity contribution in [2.75, 3.05) is 6.61 Å². The van der Waals surface area contributed by atoms with E-state index in [9.17, 15) is 5.11 Å². The smallest absolute Gasteiger partial charge is 0.119 e. The third-order valence-corrected chi connectivity index (χ3v) is 3.62. The van der Waals surface area contributed by atoms with E-state index in [1.165, 1.54) is 5.56 Å². The van der Waals surface area contributed by atoms with Gasteiger partial charge in [-0.3, -0.25) is 0 Å². The average Bonchev–Trinajstić information content (AvgIpc) is 2.99. The summed E-state index contributed by atoms with van der Waals surface area (Å²) in [5.41, 5.74) is 3.57. The van der Waals surface area contributed by atoms with E-state index in [2.05, 4.69) is 10.3 Å². The SMILES string of the molecule is Cc1ccc(-n2nnc(CO)c2CCOc2ccccc2)cc1. The van der Waals surface area contributed by atoms with Crippen LogP contribution in [0.2, 0.25) is 0 Å². The van der Waals surface area contributed by atoms with Crippen LogP contribution in [0.25, 0.3) is 5.69 Å². The summed E-state index contributed by atoms with van der Waals surface area (Å²) < 4.78 is 7.50. The molecule has 0 saturated heterocycles. The normalized spacial score (nSPS) is 10.7. The third kappa shape index (κ3) is 3.57. The Kier molecular flexibility index (Phi) is 4.68. The van der Waals surface area contributed by atoms with Crippen molar-refractivity contribution in [2.24, 2.45) is 0 Å². The van der Waals surface area contributed by atoms with Crippen molar-refractivity contribution >= 4 is 0 Å². The molecule has 0 radical (unpaired) electrons. The molecule has 1 N–H and O–H groups in total. The fraction of sp³-hybridized carbons (Fsp3) is 0.222. The molecule has 0 atom stereocenters. The van der Waals surface area contributed by atoms with Crippen molar-refractivity contribution < 1.29 is 9.84 Å². The van der Waals surface area contributed by atoms with Crippen molar-refractivity contribution in [3.05, 3.63) is 71.5 Å². The molecule has 0 amide bonds. The lowest BCUT2D eigenvalue weighted by atomic mass is 10.2. The predicted molar refractivity (Wildman–Crippen MR) is 87.7 cm³/mol. The van der Waals surface area contributed by atoms with E-state index in [1.807, 2.05) is 61.5 Å². The number of hydrogen-bond donors (Lipinski definition) is 1. The van der Waals surface area contributed by atoms with Gasteiger partial charge in [0.25, 0.3) is 0 Å². The lowest BCUT2D eigenvalue weighted by Gasteiger charge is -2.09. The molecular weight excluding hydrogens is 290 g/mol. The number of aliphatic hydroxyl groups is 1. The first-order valence-corrected chi connectivity index (χ1v) is 7.57. The fourth-order valence-electron chi connectivity index (χ4n) is 2.38. The number of rotatable bonds is 6. The van der Waals surface area contributed by atoms with Crippen LogP contribution in [0.15, 0.2) is 54.6 Å². The van der Waals surface area contributed by atoms with Gasteiger partial charge in [0, 0.05) is 6.42 Å². The first-order chi connectivity index (χ1) is 11.3. The quantitative estimate of drug-likeness (QED) is 0.760. The lowest BCUT2D eigenvalue weighted by molar-refractivity contribution is 0.273. The van der Waals surface area contributed by atoms with Crippen LogP contribution in [0.1, 0.15) is 17.0 Å². The zero-order valence-electron chi connectivity index (χ0n) is 13.0. The maximum absolute atomic E-state index is 9.48. The lowest BCUT2D eigenvalue weighted by Crippen LogP contribution is -2.09. The summed E-state index contributed by atoms with van der Waals surface area (Å²) in [4.78, 5) is 0. The topological polar surface area (TPSA) is 60.2 Å². The Morgan fingerprint density at radius 1 is 1.04 bits per heavy atom. The van der Waals surface area contributed by atoms with Crippen LogP contribution in [0, 0.1) is 6.92 Å². The molecule has 2 aromatic carbocycles. The maximum Gasteiger partial charge on any atom is 0.119 e. The van der Waals surface area contributed by atoms with Crippen LogP contribution in [0.4, 0.5) is 0 Å². The number of aliphatic hydroxyl groups excluding tert-OH is 1.